The number of hydrogen-bond acceptors (Lipinski definition) is 4. The Balaban J connectivity index is 2.61. The van der Waals surface area contributed by atoms with E-state index in [4.69, 9.17) is 9.84 Å². The fourth-order valence-electron chi connectivity index (χ4n) is 2.90. The van der Waals surface area contributed by atoms with E-state index in [1.807, 2.05) is 0 Å². The van der Waals surface area contributed by atoms with Gasteiger partial charge in [0.25, 0.3) is 6.43 Å². The summed E-state index contributed by atoms with van der Waals surface area (Å²) in [4.78, 5) is 1.66. The lowest BCUT2D eigenvalue weighted by Gasteiger charge is -2.41. The van der Waals surface area contributed by atoms with Gasteiger partial charge in [-0.2, -0.15) is 0 Å². The van der Waals surface area contributed by atoms with E-state index in [2.05, 4.69) is 19.2 Å². The van der Waals surface area contributed by atoms with Crippen LogP contribution >= 0.6 is 0 Å². The van der Waals surface area contributed by atoms with E-state index >= 15 is 0 Å². The molecule has 1 atom stereocenters. The molecule has 0 radical (unpaired) electrons. The molecule has 1 rings (SSSR count). The van der Waals surface area contributed by atoms with Crippen molar-refractivity contribution in [2.45, 2.75) is 33.1 Å². The van der Waals surface area contributed by atoms with Gasteiger partial charge in [0.15, 0.2) is 0 Å². The van der Waals surface area contributed by atoms with Crippen LogP contribution in [0.1, 0.15) is 26.7 Å². The average Bonchev–Trinajstić information content (AvgIpc) is 2.38. The summed E-state index contributed by atoms with van der Waals surface area (Å²) in [7, 11) is 0. The highest BCUT2D eigenvalue weighted by Crippen LogP contribution is 2.29. The maximum absolute atomic E-state index is 12.7. The number of halogens is 2. The lowest BCUT2D eigenvalue weighted by molar-refractivity contribution is -0.0367. The highest BCUT2D eigenvalue weighted by molar-refractivity contribution is 4.87. The second kappa shape index (κ2) is 9.66. The summed E-state index contributed by atoms with van der Waals surface area (Å²) in [6, 6.07) is 0. The summed E-state index contributed by atoms with van der Waals surface area (Å²) in [6.07, 6.45) is -0.435. The largest absolute Gasteiger partial charge is 0.395 e. The summed E-state index contributed by atoms with van der Waals surface area (Å²) in [5.41, 5.74) is -0.128. The van der Waals surface area contributed by atoms with Crippen LogP contribution in [0, 0.1) is 11.3 Å². The van der Waals surface area contributed by atoms with Gasteiger partial charge in [0.2, 0.25) is 0 Å². The SMILES string of the molecule is CC(C)CNCC1(CN(CCO)CC(F)F)CCCOC1. The molecule has 1 fully saturated rings. The fourth-order valence-corrected chi connectivity index (χ4v) is 2.90. The monoisotopic (exact) mass is 308 g/mol. The topological polar surface area (TPSA) is 44.7 Å². The van der Waals surface area contributed by atoms with Gasteiger partial charge in [-0.1, -0.05) is 13.8 Å². The van der Waals surface area contributed by atoms with Crippen LogP contribution in [0.25, 0.3) is 0 Å². The molecule has 0 amide bonds. The minimum Gasteiger partial charge on any atom is -0.395 e. The lowest BCUT2D eigenvalue weighted by atomic mass is 9.81. The number of alkyl halides is 2. The van der Waals surface area contributed by atoms with Crippen LogP contribution in [-0.4, -0.2) is 69.0 Å². The van der Waals surface area contributed by atoms with E-state index in [1.54, 1.807) is 4.90 Å². The first-order valence-corrected chi connectivity index (χ1v) is 7.87. The number of rotatable bonds is 10. The molecule has 1 unspecified atom stereocenters. The molecule has 0 bridgehead atoms. The van der Waals surface area contributed by atoms with Gasteiger partial charge >= 0.3 is 0 Å². The summed E-state index contributed by atoms with van der Waals surface area (Å²) in [5.74, 6) is 0.557. The Morgan fingerprint density at radius 2 is 2.14 bits per heavy atom. The molecule has 1 aliphatic rings. The Labute approximate surface area is 126 Å². The third kappa shape index (κ3) is 7.49. The van der Waals surface area contributed by atoms with Crippen LogP contribution in [0.15, 0.2) is 0 Å². The minimum atomic E-state index is -2.37. The van der Waals surface area contributed by atoms with Gasteiger partial charge in [0.1, 0.15) is 0 Å². The van der Waals surface area contributed by atoms with E-state index in [0.29, 0.717) is 19.1 Å². The Kier molecular flexibility index (Phi) is 8.63. The molecule has 0 aliphatic carbocycles. The number of hydrogen-bond donors (Lipinski definition) is 2. The van der Waals surface area contributed by atoms with Crippen molar-refractivity contribution in [1.29, 1.82) is 0 Å². The summed E-state index contributed by atoms with van der Waals surface area (Å²) in [6.45, 7) is 7.78. The lowest BCUT2D eigenvalue weighted by Crippen LogP contribution is -2.50. The molecule has 2 N–H and O–H groups in total. The maximum atomic E-state index is 12.7. The zero-order valence-electron chi connectivity index (χ0n) is 13.3. The molecule has 0 aromatic heterocycles. The van der Waals surface area contributed by atoms with Crippen molar-refractivity contribution in [1.82, 2.24) is 10.2 Å². The smallest absolute Gasteiger partial charge is 0.251 e. The Morgan fingerprint density at radius 3 is 2.67 bits per heavy atom. The summed E-state index contributed by atoms with van der Waals surface area (Å²) < 4.78 is 31.0. The predicted molar refractivity (Wildman–Crippen MR) is 79.7 cm³/mol. The second-order valence-electron chi connectivity index (χ2n) is 6.53. The molecular formula is C15H30F2N2O2. The molecular weight excluding hydrogens is 278 g/mol. The second-order valence-corrected chi connectivity index (χ2v) is 6.53. The Bertz CT molecular complexity index is 272. The van der Waals surface area contributed by atoms with E-state index in [0.717, 1.165) is 32.5 Å². The van der Waals surface area contributed by atoms with E-state index in [-0.39, 0.29) is 25.1 Å². The number of aliphatic hydroxyl groups excluding tert-OH is 1. The molecule has 1 heterocycles. The van der Waals surface area contributed by atoms with Crippen LogP contribution in [-0.2, 0) is 4.74 Å². The average molecular weight is 308 g/mol. The van der Waals surface area contributed by atoms with Gasteiger partial charge < -0.3 is 15.2 Å². The molecule has 0 aromatic rings. The highest BCUT2D eigenvalue weighted by atomic mass is 19.3. The molecule has 6 heteroatoms. The van der Waals surface area contributed by atoms with Crippen LogP contribution in [0.5, 0.6) is 0 Å². The summed E-state index contributed by atoms with van der Waals surface area (Å²) in [5, 5.41) is 12.5. The molecule has 1 saturated heterocycles. The zero-order valence-corrected chi connectivity index (χ0v) is 13.3. The first-order chi connectivity index (χ1) is 9.97. The third-order valence-corrected chi connectivity index (χ3v) is 3.83. The Hall–Kier alpha value is -0.300. The van der Waals surface area contributed by atoms with Crippen LogP contribution < -0.4 is 5.32 Å². The van der Waals surface area contributed by atoms with E-state index < -0.39 is 6.43 Å². The Morgan fingerprint density at radius 1 is 1.38 bits per heavy atom. The van der Waals surface area contributed by atoms with Gasteiger partial charge in [0, 0.05) is 31.7 Å². The molecule has 1 aliphatic heterocycles. The van der Waals surface area contributed by atoms with Crippen molar-refractivity contribution in [2.75, 3.05) is 52.5 Å². The molecule has 0 aromatic carbocycles. The number of ether oxygens (including phenoxy) is 1. The first-order valence-electron chi connectivity index (χ1n) is 7.87. The van der Waals surface area contributed by atoms with Crippen molar-refractivity contribution in [3.05, 3.63) is 0 Å². The molecule has 4 nitrogen and oxygen atoms in total. The van der Waals surface area contributed by atoms with Crippen molar-refractivity contribution in [3.63, 3.8) is 0 Å². The highest BCUT2D eigenvalue weighted by Gasteiger charge is 2.35. The zero-order chi connectivity index (χ0) is 15.7. The predicted octanol–water partition coefficient (Wildman–Crippen LogP) is 1.59. The summed E-state index contributed by atoms with van der Waals surface area (Å²) >= 11 is 0. The van der Waals surface area contributed by atoms with Gasteiger partial charge in [0.05, 0.1) is 19.8 Å². The maximum Gasteiger partial charge on any atom is 0.251 e. The minimum absolute atomic E-state index is 0.0942. The quantitative estimate of drug-likeness (QED) is 0.643. The van der Waals surface area contributed by atoms with Crippen molar-refractivity contribution < 1.29 is 18.6 Å². The number of aliphatic hydroxyl groups is 1. The normalized spacial score (nSPS) is 23.4. The molecule has 0 spiro atoms. The fraction of sp³-hybridized carbons (Fsp3) is 1.00. The van der Waals surface area contributed by atoms with Gasteiger partial charge in [-0.25, -0.2) is 8.78 Å². The standard InChI is InChI=1S/C15H30F2N2O2/c1-13(2)8-18-10-15(4-3-7-21-12-15)11-19(5-6-20)9-14(16)17/h13-14,18,20H,3-12H2,1-2H3. The van der Waals surface area contributed by atoms with E-state index in [9.17, 15) is 8.78 Å². The van der Waals surface area contributed by atoms with Crippen molar-refractivity contribution in [2.24, 2.45) is 11.3 Å². The van der Waals surface area contributed by atoms with Crippen LogP contribution in [0.4, 0.5) is 8.78 Å². The van der Waals surface area contributed by atoms with Gasteiger partial charge in [-0.15, -0.1) is 0 Å². The number of nitrogens with zero attached hydrogens (tertiary/aromatic N) is 1. The number of nitrogens with one attached hydrogen (secondary N) is 1. The van der Waals surface area contributed by atoms with Crippen molar-refractivity contribution in [3.8, 4) is 0 Å². The van der Waals surface area contributed by atoms with Crippen LogP contribution in [0.3, 0.4) is 0 Å². The van der Waals surface area contributed by atoms with Crippen molar-refractivity contribution >= 4 is 0 Å². The van der Waals surface area contributed by atoms with Crippen LogP contribution in [0.2, 0.25) is 0 Å². The first kappa shape index (κ1) is 18.7. The third-order valence-electron chi connectivity index (χ3n) is 3.83. The molecule has 126 valence electrons. The van der Waals surface area contributed by atoms with Gasteiger partial charge in [-0.05, 0) is 25.3 Å². The van der Waals surface area contributed by atoms with Gasteiger partial charge in [-0.3, -0.25) is 4.90 Å². The van der Waals surface area contributed by atoms with E-state index in [1.165, 1.54) is 0 Å². The molecule has 21 heavy (non-hydrogen) atoms. The molecule has 0 saturated carbocycles.